The molecule has 0 aliphatic rings. The molecule has 0 amide bonds. The quantitative estimate of drug-likeness (QED) is 0.865. The van der Waals surface area contributed by atoms with Gasteiger partial charge in [-0.3, -0.25) is 0 Å². The first-order chi connectivity index (χ1) is 9.05. The highest BCUT2D eigenvalue weighted by Gasteiger charge is 2.17. The zero-order valence-corrected chi connectivity index (χ0v) is 11.8. The summed E-state index contributed by atoms with van der Waals surface area (Å²) in [6.45, 7) is 4.73. The smallest absolute Gasteiger partial charge is 0.224 e. The topological polar surface area (TPSA) is 59.1 Å². The van der Waals surface area contributed by atoms with Crippen molar-refractivity contribution in [3.8, 4) is 0 Å². The van der Waals surface area contributed by atoms with Crippen molar-refractivity contribution < 1.29 is 4.74 Å². The summed E-state index contributed by atoms with van der Waals surface area (Å²) >= 11 is 0. The van der Waals surface area contributed by atoms with E-state index in [2.05, 4.69) is 20.6 Å². The molecule has 0 aliphatic heterocycles. The number of methoxy groups -OCH3 is 1. The molecule has 0 aliphatic carbocycles. The van der Waals surface area contributed by atoms with Gasteiger partial charge in [0.2, 0.25) is 5.95 Å². The second kappa shape index (κ2) is 5.40. The minimum Gasteiger partial charge on any atom is -0.377 e. The Morgan fingerprint density at radius 2 is 1.95 bits per heavy atom. The Labute approximate surface area is 113 Å². The lowest BCUT2D eigenvalue weighted by atomic mass is 10.1. The van der Waals surface area contributed by atoms with E-state index < -0.39 is 0 Å². The maximum atomic E-state index is 5.41. The summed E-state index contributed by atoms with van der Waals surface area (Å²) in [5.74, 6) is 1.43. The molecule has 0 atom stereocenters. The fourth-order valence-corrected chi connectivity index (χ4v) is 1.69. The molecule has 2 aromatic rings. The van der Waals surface area contributed by atoms with Crippen LogP contribution in [0.2, 0.25) is 0 Å². The number of para-hydroxylation sites is 1. The van der Waals surface area contributed by atoms with Gasteiger partial charge < -0.3 is 15.4 Å². The van der Waals surface area contributed by atoms with E-state index in [-0.39, 0.29) is 5.60 Å². The number of ether oxygens (including phenoxy) is 1. The predicted molar refractivity (Wildman–Crippen MR) is 78.7 cm³/mol. The van der Waals surface area contributed by atoms with Crippen LogP contribution in [0, 0.1) is 0 Å². The minimum atomic E-state index is -0.244. The Morgan fingerprint density at radius 3 is 2.63 bits per heavy atom. The molecule has 0 bridgehead atoms. The number of benzene rings is 1. The number of hydrogen-bond donors (Lipinski definition) is 2. The molecule has 102 valence electrons. The lowest BCUT2D eigenvalue weighted by Gasteiger charge is -2.23. The Bertz CT molecular complexity index is 568. The number of nitrogens with zero attached hydrogens (tertiary/aromatic N) is 2. The van der Waals surface area contributed by atoms with Gasteiger partial charge in [0.1, 0.15) is 5.82 Å². The first kappa shape index (κ1) is 13.5. The number of aromatic nitrogens is 2. The van der Waals surface area contributed by atoms with E-state index in [0.717, 1.165) is 16.7 Å². The van der Waals surface area contributed by atoms with Gasteiger partial charge in [-0.2, -0.15) is 4.98 Å². The van der Waals surface area contributed by atoms with Crippen LogP contribution < -0.4 is 10.6 Å². The van der Waals surface area contributed by atoms with Crippen LogP contribution in [0.3, 0.4) is 0 Å². The van der Waals surface area contributed by atoms with Crippen LogP contribution in [0.4, 0.5) is 11.8 Å². The van der Waals surface area contributed by atoms with Gasteiger partial charge in [0.15, 0.2) is 0 Å². The lowest BCUT2D eigenvalue weighted by molar-refractivity contribution is 0.0343. The summed E-state index contributed by atoms with van der Waals surface area (Å²) in [6, 6.07) is 7.94. The van der Waals surface area contributed by atoms with Gasteiger partial charge in [0, 0.05) is 26.1 Å². The highest BCUT2D eigenvalue weighted by atomic mass is 16.5. The largest absolute Gasteiger partial charge is 0.377 e. The number of fused-ring (bicyclic) bond motifs is 1. The summed E-state index contributed by atoms with van der Waals surface area (Å²) in [5.41, 5.74) is 0.672. The van der Waals surface area contributed by atoms with E-state index in [9.17, 15) is 0 Å². The lowest BCUT2D eigenvalue weighted by Crippen LogP contribution is -2.32. The maximum absolute atomic E-state index is 5.41. The number of rotatable bonds is 5. The fourth-order valence-electron chi connectivity index (χ4n) is 1.69. The Morgan fingerprint density at radius 1 is 1.21 bits per heavy atom. The summed E-state index contributed by atoms with van der Waals surface area (Å²) in [5, 5.41) is 7.32. The normalized spacial score (nSPS) is 11.6. The van der Waals surface area contributed by atoms with Crippen molar-refractivity contribution in [2.24, 2.45) is 0 Å². The van der Waals surface area contributed by atoms with Crippen molar-refractivity contribution in [3.63, 3.8) is 0 Å². The van der Waals surface area contributed by atoms with Crippen LogP contribution in [-0.2, 0) is 4.74 Å². The van der Waals surface area contributed by atoms with Gasteiger partial charge in [-0.05, 0) is 26.0 Å². The van der Waals surface area contributed by atoms with E-state index in [1.165, 1.54) is 0 Å². The van der Waals surface area contributed by atoms with Crippen molar-refractivity contribution in [1.82, 2.24) is 9.97 Å². The summed E-state index contributed by atoms with van der Waals surface area (Å²) < 4.78 is 5.41. The van der Waals surface area contributed by atoms with Crippen LogP contribution in [-0.4, -0.2) is 36.3 Å². The monoisotopic (exact) mass is 260 g/mol. The molecule has 5 nitrogen and oxygen atoms in total. The van der Waals surface area contributed by atoms with Crippen LogP contribution in [0.1, 0.15) is 13.8 Å². The molecule has 0 spiro atoms. The second-order valence-electron chi connectivity index (χ2n) is 4.98. The highest BCUT2D eigenvalue weighted by Crippen LogP contribution is 2.22. The Hall–Kier alpha value is -1.88. The van der Waals surface area contributed by atoms with E-state index in [0.29, 0.717) is 12.5 Å². The molecule has 1 heterocycles. The molecule has 5 heteroatoms. The van der Waals surface area contributed by atoms with Gasteiger partial charge in [-0.25, -0.2) is 4.98 Å². The zero-order chi connectivity index (χ0) is 13.9. The van der Waals surface area contributed by atoms with Crippen LogP contribution >= 0.6 is 0 Å². The van der Waals surface area contributed by atoms with Gasteiger partial charge in [-0.15, -0.1) is 0 Å². The number of hydrogen-bond acceptors (Lipinski definition) is 5. The van der Waals surface area contributed by atoms with Gasteiger partial charge >= 0.3 is 0 Å². The molecular formula is C14H20N4O. The van der Waals surface area contributed by atoms with E-state index in [1.54, 1.807) is 7.11 Å². The van der Waals surface area contributed by atoms with Crippen LogP contribution in [0.25, 0.3) is 10.9 Å². The van der Waals surface area contributed by atoms with Crippen molar-refractivity contribution in [2.75, 3.05) is 31.3 Å². The van der Waals surface area contributed by atoms with Crippen LogP contribution in [0.5, 0.6) is 0 Å². The Kier molecular flexibility index (Phi) is 3.85. The average molecular weight is 260 g/mol. The third-order valence-electron chi connectivity index (χ3n) is 3.06. The predicted octanol–water partition coefficient (Wildman–Crippen LogP) is 2.51. The molecule has 1 aromatic carbocycles. The molecule has 0 saturated heterocycles. The van der Waals surface area contributed by atoms with Crippen molar-refractivity contribution in [2.45, 2.75) is 19.4 Å². The maximum Gasteiger partial charge on any atom is 0.224 e. The molecular weight excluding hydrogens is 240 g/mol. The third kappa shape index (κ3) is 3.12. The van der Waals surface area contributed by atoms with E-state index in [1.807, 2.05) is 45.2 Å². The number of nitrogens with one attached hydrogen (secondary N) is 2. The van der Waals surface area contributed by atoms with Crippen LogP contribution in [0.15, 0.2) is 24.3 Å². The molecule has 0 unspecified atom stereocenters. The van der Waals surface area contributed by atoms with Crippen molar-refractivity contribution >= 4 is 22.7 Å². The molecule has 0 fully saturated rings. The first-order valence-corrected chi connectivity index (χ1v) is 6.29. The second-order valence-corrected chi connectivity index (χ2v) is 4.98. The summed E-state index contributed by atoms with van der Waals surface area (Å²) in [4.78, 5) is 8.89. The van der Waals surface area contributed by atoms with Gasteiger partial charge in [0.25, 0.3) is 0 Å². The van der Waals surface area contributed by atoms with E-state index >= 15 is 0 Å². The van der Waals surface area contributed by atoms with E-state index in [4.69, 9.17) is 4.74 Å². The third-order valence-corrected chi connectivity index (χ3v) is 3.06. The highest BCUT2D eigenvalue weighted by molar-refractivity contribution is 5.90. The molecule has 19 heavy (non-hydrogen) atoms. The number of anilines is 2. The summed E-state index contributed by atoms with van der Waals surface area (Å²) in [6.07, 6.45) is 0. The zero-order valence-electron chi connectivity index (χ0n) is 11.8. The Balaban J connectivity index is 2.35. The first-order valence-electron chi connectivity index (χ1n) is 6.29. The molecule has 2 rings (SSSR count). The van der Waals surface area contributed by atoms with Gasteiger partial charge in [0.05, 0.1) is 11.1 Å². The molecule has 1 aromatic heterocycles. The SMILES string of the molecule is CNc1nc(NCC(C)(C)OC)c2ccccc2n1. The van der Waals surface area contributed by atoms with Crippen molar-refractivity contribution in [3.05, 3.63) is 24.3 Å². The van der Waals surface area contributed by atoms with Gasteiger partial charge in [-0.1, -0.05) is 12.1 Å². The summed E-state index contributed by atoms with van der Waals surface area (Å²) in [7, 11) is 3.52. The molecule has 2 N–H and O–H groups in total. The average Bonchev–Trinajstić information content (AvgIpc) is 2.44. The van der Waals surface area contributed by atoms with Crippen molar-refractivity contribution in [1.29, 1.82) is 0 Å². The fraction of sp³-hybridized carbons (Fsp3) is 0.429. The minimum absolute atomic E-state index is 0.244. The molecule has 0 radical (unpaired) electrons. The molecule has 0 saturated carbocycles. The standard InChI is InChI=1S/C14H20N4O/c1-14(2,19-4)9-16-12-10-7-5-6-8-11(10)17-13(15-3)18-12/h5-8H,9H2,1-4H3,(H2,15,16,17,18).